The number of nitrogens with one attached hydrogen (secondary N) is 2. The topological polar surface area (TPSA) is 176 Å². The summed E-state index contributed by atoms with van der Waals surface area (Å²) in [6.45, 7) is 6.03. The minimum atomic E-state index is -0.543. The lowest BCUT2D eigenvalue weighted by atomic mass is 9.98. The minimum Gasteiger partial charge on any atom is -0.496 e. The van der Waals surface area contributed by atoms with Crippen LogP contribution in [0, 0.1) is 6.92 Å². The molecule has 16 heteroatoms. The largest absolute Gasteiger partial charge is 0.496 e. The van der Waals surface area contributed by atoms with Crippen LogP contribution in [-0.2, 0) is 9.53 Å². The Morgan fingerprint density at radius 3 is 2.62 bits per heavy atom. The summed E-state index contributed by atoms with van der Waals surface area (Å²) in [5, 5.41) is 13.6. The van der Waals surface area contributed by atoms with Crippen LogP contribution in [0.5, 0.6) is 5.75 Å². The first-order valence-corrected chi connectivity index (χ1v) is 19.7. The quantitative estimate of drug-likeness (QED) is 0.0650. The third-order valence-corrected chi connectivity index (χ3v) is 11.7. The van der Waals surface area contributed by atoms with E-state index in [0.717, 1.165) is 31.9 Å². The molecule has 0 bridgehead atoms. The van der Waals surface area contributed by atoms with Gasteiger partial charge < -0.3 is 25.6 Å². The average Bonchev–Trinajstić information content (AvgIpc) is 3.93. The molecule has 282 valence electrons. The van der Waals surface area contributed by atoms with Crippen LogP contribution >= 0.6 is 34.7 Å². The van der Waals surface area contributed by atoms with Gasteiger partial charge in [0.25, 0.3) is 0 Å². The standard InChI is InChI=1S/C40H34ClN9O4S2/c1-5-54-39(52)26-18-43-28-14-15-29-35(33(28)34(26)41)47-36(45-29)21(3)23-9-12-25(30(17-23)53-4)37-48-49-40(50(37)42)55-19-32(51)44-24-10-7-22(8-11-24)38-46-27-13-6-20(2)16-31(27)56-38/h6-18,21H,5,19,42H2,1-4H3,(H,44,51)(H,45,47). The Kier molecular flexibility index (Phi) is 10.1. The van der Waals surface area contributed by atoms with Crippen LogP contribution in [0.3, 0.4) is 0 Å². The third kappa shape index (κ3) is 7.00. The number of thioether (sulfide) groups is 1. The van der Waals surface area contributed by atoms with E-state index in [4.69, 9.17) is 36.9 Å². The number of aromatic nitrogens is 7. The van der Waals surface area contributed by atoms with Gasteiger partial charge in [-0.3, -0.25) is 9.78 Å². The highest BCUT2D eigenvalue weighted by Gasteiger charge is 2.23. The molecule has 1 unspecified atom stereocenters. The van der Waals surface area contributed by atoms with Gasteiger partial charge in [-0.05, 0) is 85.6 Å². The number of nitrogens with two attached hydrogens (primary N) is 1. The number of H-pyrrole nitrogens is 1. The molecule has 0 aliphatic heterocycles. The van der Waals surface area contributed by atoms with E-state index in [1.807, 2.05) is 67.6 Å². The number of nitrogens with zero attached hydrogens (tertiary/aromatic N) is 6. The number of benzene rings is 4. The normalized spacial score (nSPS) is 12.0. The highest BCUT2D eigenvalue weighted by molar-refractivity contribution is 7.99. The number of thiazole rings is 1. The Hall–Kier alpha value is -6.03. The van der Waals surface area contributed by atoms with Gasteiger partial charge in [0.15, 0.2) is 5.82 Å². The average molecular weight is 804 g/mol. The van der Waals surface area contributed by atoms with E-state index < -0.39 is 5.97 Å². The number of hydrogen-bond acceptors (Lipinski definition) is 12. The van der Waals surface area contributed by atoms with Crippen molar-refractivity contribution < 1.29 is 19.1 Å². The van der Waals surface area contributed by atoms with Gasteiger partial charge >= 0.3 is 5.97 Å². The molecule has 13 nitrogen and oxygen atoms in total. The van der Waals surface area contributed by atoms with Crippen LogP contribution < -0.4 is 15.9 Å². The van der Waals surface area contributed by atoms with Gasteiger partial charge in [-0.2, -0.15) is 0 Å². The first-order chi connectivity index (χ1) is 27.1. The number of imidazole rings is 1. The van der Waals surface area contributed by atoms with Gasteiger partial charge in [-0.1, -0.05) is 42.4 Å². The monoisotopic (exact) mass is 803 g/mol. The molecule has 0 saturated heterocycles. The molecule has 1 amide bonds. The second-order valence-corrected chi connectivity index (χ2v) is 15.3. The fourth-order valence-electron chi connectivity index (χ4n) is 6.35. The number of rotatable bonds is 11. The molecule has 8 rings (SSSR count). The van der Waals surface area contributed by atoms with Crippen LogP contribution in [0.15, 0.2) is 84.1 Å². The number of pyridine rings is 1. The number of hydrogen-bond donors (Lipinski definition) is 3. The number of nitrogen functional groups attached to an aromatic ring is 1. The molecule has 0 fully saturated rings. The van der Waals surface area contributed by atoms with Crippen molar-refractivity contribution in [3.63, 3.8) is 0 Å². The molecule has 4 N–H and O–H groups in total. The SMILES string of the molecule is CCOC(=O)c1cnc2ccc3[nH]c(C(C)c4ccc(-c5nnc(SCC(=O)Nc6ccc(-c7nc8ccc(C)cc8s7)cc6)n5N)c(OC)c4)nc3c2c1Cl. The molecule has 0 aliphatic rings. The molecule has 0 saturated carbocycles. The van der Waals surface area contributed by atoms with E-state index in [1.165, 1.54) is 28.2 Å². The lowest BCUT2D eigenvalue weighted by Crippen LogP contribution is -2.16. The summed E-state index contributed by atoms with van der Waals surface area (Å²) in [4.78, 5) is 42.9. The number of aromatic amines is 1. The first kappa shape index (κ1) is 36.9. The number of fused-ring (bicyclic) bond motifs is 4. The second kappa shape index (κ2) is 15.2. The van der Waals surface area contributed by atoms with Crippen molar-refractivity contribution in [2.45, 2.75) is 31.8 Å². The number of esters is 1. The highest BCUT2D eigenvalue weighted by atomic mass is 35.5. The number of aryl methyl sites for hydroxylation is 1. The van der Waals surface area contributed by atoms with Crippen molar-refractivity contribution in [2.24, 2.45) is 0 Å². The third-order valence-electron chi connectivity index (χ3n) is 9.27. The minimum absolute atomic E-state index is 0.0695. The summed E-state index contributed by atoms with van der Waals surface area (Å²) < 4.78 is 13.4. The fraction of sp³-hybridized carbons (Fsp3) is 0.175. The van der Waals surface area contributed by atoms with Crippen LogP contribution in [0.2, 0.25) is 5.02 Å². The number of anilines is 1. The van der Waals surface area contributed by atoms with E-state index in [2.05, 4.69) is 44.5 Å². The number of halogens is 1. The van der Waals surface area contributed by atoms with Crippen LogP contribution in [-0.4, -0.2) is 66.2 Å². The van der Waals surface area contributed by atoms with Crippen molar-refractivity contribution in [1.82, 2.24) is 34.8 Å². The zero-order valence-electron chi connectivity index (χ0n) is 30.6. The summed E-state index contributed by atoms with van der Waals surface area (Å²) in [6, 6.07) is 23.3. The second-order valence-electron chi connectivity index (χ2n) is 12.9. The zero-order valence-corrected chi connectivity index (χ0v) is 33.0. The maximum absolute atomic E-state index is 12.9. The molecule has 0 spiro atoms. The number of ether oxygens (including phenoxy) is 2. The summed E-state index contributed by atoms with van der Waals surface area (Å²) in [5.41, 5.74) is 7.49. The molecule has 56 heavy (non-hydrogen) atoms. The lowest BCUT2D eigenvalue weighted by molar-refractivity contribution is -0.113. The molecule has 0 radical (unpaired) electrons. The highest BCUT2D eigenvalue weighted by Crippen LogP contribution is 2.37. The lowest BCUT2D eigenvalue weighted by Gasteiger charge is -2.14. The molecule has 4 aromatic heterocycles. The predicted molar refractivity (Wildman–Crippen MR) is 221 cm³/mol. The van der Waals surface area contributed by atoms with Gasteiger partial charge in [-0.25, -0.2) is 19.4 Å². The van der Waals surface area contributed by atoms with Gasteiger partial charge in [-0.15, -0.1) is 21.5 Å². The molecule has 4 heterocycles. The Morgan fingerprint density at radius 1 is 1.04 bits per heavy atom. The summed E-state index contributed by atoms with van der Waals surface area (Å²) in [6.07, 6.45) is 1.42. The summed E-state index contributed by atoms with van der Waals surface area (Å²) in [5.74, 6) is 7.16. The van der Waals surface area contributed by atoms with E-state index in [-0.39, 0.29) is 34.8 Å². The summed E-state index contributed by atoms with van der Waals surface area (Å²) in [7, 11) is 1.57. The molecule has 4 aromatic carbocycles. The van der Waals surface area contributed by atoms with E-state index in [0.29, 0.717) is 50.2 Å². The van der Waals surface area contributed by atoms with Gasteiger partial charge in [0, 0.05) is 28.8 Å². The Labute approximate surface area is 333 Å². The maximum Gasteiger partial charge on any atom is 0.341 e. The Balaban J connectivity index is 0.953. The molecular formula is C40H34ClN9O4S2. The van der Waals surface area contributed by atoms with Crippen LogP contribution in [0.1, 0.15) is 47.1 Å². The van der Waals surface area contributed by atoms with Crippen LogP contribution in [0.25, 0.3) is 54.1 Å². The van der Waals surface area contributed by atoms with Crippen molar-refractivity contribution in [2.75, 3.05) is 30.6 Å². The van der Waals surface area contributed by atoms with Crippen molar-refractivity contribution in [1.29, 1.82) is 0 Å². The first-order valence-electron chi connectivity index (χ1n) is 17.5. The van der Waals surface area contributed by atoms with E-state index in [9.17, 15) is 9.59 Å². The number of methoxy groups -OCH3 is 1. The number of carbonyl (C=O) groups excluding carboxylic acids is 2. The number of amides is 1. The molecule has 0 aliphatic carbocycles. The summed E-state index contributed by atoms with van der Waals surface area (Å²) >= 11 is 9.55. The van der Waals surface area contributed by atoms with Gasteiger partial charge in [0.1, 0.15) is 16.6 Å². The van der Waals surface area contributed by atoms with Gasteiger partial charge in [0.05, 0.1) is 62.4 Å². The predicted octanol–water partition coefficient (Wildman–Crippen LogP) is 8.39. The molecular weight excluding hydrogens is 770 g/mol. The van der Waals surface area contributed by atoms with Crippen molar-refractivity contribution in [3.05, 3.63) is 107 Å². The maximum atomic E-state index is 12.9. The molecule has 8 aromatic rings. The Morgan fingerprint density at radius 2 is 1.84 bits per heavy atom. The van der Waals surface area contributed by atoms with Crippen molar-refractivity contribution >= 4 is 84.4 Å². The molecule has 1 atom stereocenters. The van der Waals surface area contributed by atoms with Gasteiger partial charge in [0.2, 0.25) is 11.1 Å². The smallest absolute Gasteiger partial charge is 0.341 e. The number of carbonyl (C=O) groups is 2. The fourth-order valence-corrected chi connectivity index (χ4v) is 8.39. The Bertz CT molecular complexity index is 2800. The van der Waals surface area contributed by atoms with E-state index >= 15 is 0 Å². The zero-order chi connectivity index (χ0) is 39.1. The van der Waals surface area contributed by atoms with Crippen molar-refractivity contribution in [3.8, 4) is 27.7 Å². The van der Waals surface area contributed by atoms with E-state index in [1.54, 1.807) is 25.4 Å². The van der Waals surface area contributed by atoms with Crippen LogP contribution in [0.4, 0.5) is 5.69 Å².